The molecule has 0 amide bonds. The van der Waals surface area contributed by atoms with Gasteiger partial charge in [-0.2, -0.15) is 0 Å². The lowest BCUT2D eigenvalue weighted by atomic mass is 10.3. The largest absolute Gasteiger partial charge is 0.391 e. The molecule has 0 aromatic heterocycles. The molecule has 0 fully saturated rings. The zero-order valence-corrected chi connectivity index (χ0v) is 6.05. The Balaban J connectivity index is 3.30. The lowest BCUT2D eigenvalue weighted by molar-refractivity contribution is -0.0609. The molecule has 62 valence electrons. The third-order valence-electron chi connectivity index (χ3n) is 1.16. The van der Waals surface area contributed by atoms with Gasteiger partial charge in [-0.3, -0.25) is 0 Å². The van der Waals surface area contributed by atoms with Gasteiger partial charge >= 0.3 is 0 Å². The van der Waals surface area contributed by atoms with Crippen LogP contribution in [0.3, 0.4) is 0 Å². The molecule has 0 saturated heterocycles. The highest BCUT2D eigenvalue weighted by Crippen LogP contribution is 2.00. The zero-order valence-electron chi connectivity index (χ0n) is 6.05. The first kappa shape index (κ1) is 9.78. The quantitative estimate of drug-likeness (QED) is 0.655. The monoisotopic (exact) mass is 154 g/mol. The molecule has 0 aliphatic heterocycles. The highest BCUT2D eigenvalue weighted by atomic mass is 19.3. The lowest BCUT2D eigenvalue weighted by Crippen LogP contribution is -2.24. The normalized spacial score (nSPS) is 17.4. The average Bonchev–Trinajstić information content (AvgIpc) is 1.82. The van der Waals surface area contributed by atoms with Crippen molar-refractivity contribution in [3.63, 3.8) is 0 Å². The predicted octanol–water partition coefficient (Wildman–Crippen LogP) is 1.04. The van der Waals surface area contributed by atoms with E-state index in [4.69, 9.17) is 5.11 Å². The summed E-state index contributed by atoms with van der Waals surface area (Å²) in [5, 5.41) is 8.76. The molecule has 1 N–H and O–H groups in total. The second kappa shape index (κ2) is 4.57. The number of hydrogen-bond acceptors (Lipinski definition) is 2. The second-order valence-corrected chi connectivity index (χ2v) is 2.17. The number of ether oxygens (including phenoxy) is 1. The van der Waals surface area contributed by atoms with Crippen LogP contribution in [0.4, 0.5) is 8.78 Å². The van der Waals surface area contributed by atoms with Crippen LogP contribution in [0.5, 0.6) is 0 Å². The highest BCUT2D eigenvalue weighted by molar-refractivity contribution is 4.56. The second-order valence-electron chi connectivity index (χ2n) is 2.17. The van der Waals surface area contributed by atoms with Gasteiger partial charge in [0.15, 0.2) is 0 Å². The first-order valence-corrected chi connectivity index (χ1v) is 3.12. The Morgan fingerprint density at radius 2 is 1.90 bits per heavy atom. The Morgan fingerprint density at radius 3 is 2.20 bits per heavy atom. The van der Waals surface area contributed by atoms with Crippen LogP contribution in [-0.2, 0) is 4.74 Å². The molecule has 2 atom stereocenters. The summed E-state index contributed by atoms with van der Waals surface area (Å²) in [7, 11) is 0. The zero-order chi connectivity index (χ0) is 8.15. The van der Waals surface area contributed by atoms with Crippen LogP contribution in [-0.4, -0.2) is 30.3 Å². The van der Waals surface area contributed by atoms with Gasteiger partial charge < -0.3 is 9.84 Å². The van der Waals surface area contributed by atoms with Crippen LogP contribution >= 0.6 is 0 Å². The fraction of sp³-hybridized carbons (Fsp3) is 1.00. The number of aliphatic hydroxyl groups excluding tert-OH is 1. The number of aliphatic hydroxyl groups is 1. The Hall–Kier alpha value is -0.220. The van der Waals surface area contributed by atoms with Crippen molar-refractivity contribution in [2.75, 3.05) is 6.61 Å². The van der Waals surface area contributed by atoms with E-state index in [1.807, 2.05) is 0 Å². The maximum absolute atomic E-state index is 11.5. The third-order valence-corrected chi connectivity index (χ3v) is 1.16. The standard InChI is InChI=1S/C6H12F2O2/c1-4(9)5(2)10-3-6(7)8/h4-6,9H,3H2,1-2H3/t4-,5?/m0/s1. The van der Waals surface area contributed by atoms with Crippen LogP contribution in [0.25, 0.3) is 0 Å². The van der Waals surface area contributed by atoms with E-state index in [1.165, 1.54) is 6.92 Å². The maximum Gasteiger partial charge on any atom is 0.261 e. The van der Waals surface area contributed by atoms with Crippen molar-refractivity contribution < 1.29 is 18.6 Å². The van der Waals surface area contributed by atoms with E-state index in [2.05, 4.69) is 4.74 Å². The average molecular weight is 154 g/mol. The van der Waals surface area contributed by atoms with E-state index >= 15 is 0 Å². The van der Waals surface area contributed by atoms with Crippen LogP contribution in [0.15, 0.2) is 0 Å². The van der Waals surface area contributed by atoms with Gasteiger partial charge in [0.1, 0.15) is 6.61 Å². The summed E-state index contributed by atoms with van der Waals surface area (Å²) in [4.78, 5) is 0. The summed E-state index contributed by atoms with van der Waals surface area (Å²) < 4.78 is 27.5. The summed E-state index contributed by atoms with van der Waals surface area (Å²) in [6.07, 6.45) is -3.67. The number of alkyl halides is 2. The number of rotatable bonds is 4. The minimum absolute atomic E-state index is 0.519. The first-order valence-electron chi connectivity index (χ1n) is 3.12. The van der Waals surface area contributed by atoms with Gasteiger partial charge in [0.05, 0.1) is 12.2 Å². The lowest BCUT2D eigenvalue weighted by Gasteiger charge is -2.14. The van der Waals surface area contributed by atoms with Crippen LogP contribution in [0.1, 0.15) is 13.8 Å². The van der Waals surface area contributed by atoms with Crippen molar-refractivity contribution in [2.24, 2.45) is 0 Å². The Morgan fingerprint density at radius 1 is 1.40 bits per heavy atom. The van der Waals surface area contributed by atoms with Gasteiger partial charge in [0.25, 0.3) is 6.43 Å². The van der Waals surface area contributed by atoms with Crippen molar-refractivity contribution in [1.82, 2.24) is 0 Å². The molecule has 0 aliphatic carbocycles. The molecule has 0 bridgehead atoms. The molecule has 0 spiro atoms. The van der Waals surface area contributed by atoms with Gasteiger partial charge in [0.2, 0.25) is 0 Å². The summed E-state index contributed by atoms with van der Waals surface area (Å²) in [5.41, 5.74) is 0. The van der Waals surface area contributed by atoms with E-state index in [0.29, 0.717) is 0 Å². The topological polar surface area (TPSA) is 29.5 Å². The number of hydrogen-bond donors (Lipinski definition) is 1. The molecular weight excluding hydrogens is 142 g/mol. The van der Waals surface area contributed by atoms with Crippen molar-refractivity contribution in [2.45, 2.75) is 32.5 Å². The van der Waals surface area contributed by atoms with Crippen molar-refractivity contribution in [3.8, 4) is 0 Å². The van der Waals surface area contributed by atoms with Gasteiger partial charge in [0, 0.05) is 0 Å². The van der Waals surface area contributed by atoms with Crippen LogP contribution in [0, 0.1) is 0 Å². The van der Waals surface area contributed by atoms with Crippen molar-refractivity contribution in [3.05, 3.63) is 0 Å². The molecule has 0 heterocycles. The SMILES string of the molecule is CC(OCC(F)F)[C@H](C)O. The van der Waals surface area contributed by atoms with E-state index in [1.54, 1.807) is 6.92 Å². The third kappa shape index (κ3) is 4.64. The molecule has 10 heavy (non-hydrogen) atoms. The maximum atomic E-state index is 11.5. The Labute approximate surface area is 58.8 Å². The fourth-order valence-corrected chi connectivity index (χ4v) is 0.364. The highest BCUT2D eigenvalue weighted by Gasteiger charge is 2.11. The number of halogens is 2. The molecule has 1 unspecified atom stereocenters. The summed E-state index contributed by atoms with van der Waals surface area (Å²) >= 11 is 0. The molecule has 0 aromatic rings. The van der Waals surface area contributed by atoms with E-state index in [-0.39, 0.29) is 0 Å². The summed E-state index contributed by atoms with van der Waals surface area (Å²) in [6.45, 7) is 2.44. The van der Waals surface area contributed by atoms with Gasteiger partial charge in [-0.05, 0) is 13.8 Å². The van der Waals surface area contributed by atoms with Gasteiger partial charge in [-0.1, -0.05) is 0 Å². The van der Waals surface area contributed by atoms with Gasteiger partial charge in [-0.15, -0.1) is 0 Å². The molecule has 4 heteroatoms. The first-order chi connectivity index (χ1) is 4.54. The smallest absolute Gasteiger partial charge is 0.261 e. The van der Waals surface area contributed by atoms with E-state index in [9.17, 15) is 8.78 Å². The van der Waals surface area contributed by atoms with Crippen LogP contribution < -0.4 is 0 Å². The molecule has 0 aliphatic rings. The Kier molecular flexibility index (Phi) is 4.47. The predicted molar refractivity (Wildman–Crippen MR) is 33.1 cm³/mol. The van der Waals surface area contributed by atoms with Gasteiger partial charge in [-0.25, -0.2) is 8.78 Å². The minimum atomic E-state index is -2.46. The summed E-state index contributed by atoms with van der Waals surface area (Å²) in [6, 6.07) is 0. The summed E-state index contributed by atoms with van der Waals surface area (Å²) in [5.74, 6) is 0. The molecule has 0 rings (SSSR count). The van der Waals surface area contributed by atoms with Crippen LogP contribution in [0.2, 0.25) is 0 Å². The molecular formula is C6H12F2O2. The van der Waals surface area contributed by atoms with E-state index in [0.717, 1.165) is 0 Å². The molecule has 0 radical (unpaired) electrons. The fourth-order valence-electron chi connectivity index (χ4n) is 0.364. The molecule has 0 saturated carbocycles. The van der Waals surface area contributed by atoms with E-state index < -0.39 is 25.2 Å². The molecule has 0 aromatic carbocycles. The minimum Gasteiger partial charge on any atom is -0.391 e. The van der Waals surface area contributed by atoms with Crippen molar-refractivity contribution in [1.29, 1.82) is 0 Å². The Bertz CT molecular complexity index is 85.8. The van der Waals surface area contributed by atoms with Crippen molar-refractivity contribution >= 4 is 0 Å². The molecule has 2 nitrogen and oxygen atoms in total.